The third-order valence-electron chi connectivity index (χ3n) is 3.10. The van der Waals surface area contributed by atoms with Crippen molar-refractivity contribution in [3.8, 4) is 0 Å². The lowest BCUT2D eigenvalue weighted by atomic mass is 10.1. The molecule has 0 amide bonds. The van der Waals surface area contributed by atoms with Crippen molar-refractivity contribution < 1.29 is 0 Å². The summed E-state index contributed by atoms with van der Waals surface area (Å²) in [6, 6.07) is 8.58. The number of thiazole rings is 1. The molecule has 0 saturated heterocycles. The molecule has 0 saturated carbocycles. The van der Waals surface area contributed by atoms with Crippen molar-refractivity contribution in [2.45, 2.75) is 13.0 Å². The Balaban J connectivity index is 2.06. The van der Waals surface area contributed by atoms with Gasteiger partial charge in [-0.2, -0.15) is 0 Å². The van der Waals surface area contributed by atoms with Crippen molar-refractivity contribution in [3.63, 3.8) is 0 Å². The highest BCUT2D eigenvalue weighted by molar-refractivity contribution is 7.09. The van der Waals surface area contributed by atoms with Gasteiger partial charge in [-0.05, 0) is 30.0 Å². The lowest BCUT2D eigenvalue weighted by molar-refractivity contribution is 0.839. The molecular formula is C14H15N3S. The molecular weight excluding hydrogens is 242 g/mol. The standard InChI is InChI=1S/C14H15N3S/c15-6-4-11-2-1-3-12-5-7-17(14(11)12)9-13-8-16-10-18-13/h1-3,5,7-8,10H,4,6,9,15H2. The van der Waals surface area contributed by atoms with Crippen molar-refractivity contribution in [1.29, 1.82) is 0 Å². The van der Waals surface area contributed by atoms with Gasteiger partial charge in [0.25, 0.3) is 0 Å². The molecule has 3 aromatic rings. The Labute approximate surface area is 110 Å². The van der Waals surface area contributed by atoms with Crippen LogP contribution in [0.25, 0.3) is 10.9 Å². The second kappa shape index (κ2) is 4.92. The molecule has 3 nitrogen and oxygen atoms in total. The number of fused-ring (bicyclic) bond motifs is 1. The van der Waals surface area contributed by atoms with Crippen molar-refractivity contribution in [3.05, 3.63) is 52.6 Å². The molecule has 92 valence electrons. The van der Waals surface area contributed by atoms with Crippen LogP contribution in [0, 0.1) is 0 Å². The summed E-state index contributed by atoms with van der Waals surface area (Å²) in [5.74, 6) is 0. The fourth-order valence-electron chi connectivity index (χ4n) is 2.32. The van der Waals surface area contributed by atoms with Crippen LogP contribution in [-0.4, -0.2) is 16.1 Å². The highest BCUT2D eigenvalue weighted by Gasteiger charge is 2.07. The van der Waals surface area contributed by atoms with Crippen LogP contribution in [0.4, 0.5) is 0 Å². The van der Waals surface area contributed by atoms with Crippen LogP contribution in [0.15, 0.2) is 42.2 Å². The third-order valence-corrected chi connectivity index (χ3v) is 3.86. The average molecular weight is 257 g/mol. The van der Waals surface area contributed by atoms with Crippen LogP contribution in [0.1, 0.15) is 10.4 Å². The van der Waals surface area contributed by atoms with Crippen molar-refractivity contribution in [2.75, 3.05) is 6.54 Å². The predicted octanol–water partition coefficient (Wildman–Crippen LogP) is 2.65. The van der Waals surface area contributed by atoms with E-state index in [1.807, 2.05) is 11.7 Å². The van der Waals surface area contributed by atoms with Crippen molar-refractivity contribution in [2.24, 2.45) is 5.73 Å². The minimum Gasteiger partial charge on any atom is -0.342 e. The number of para-hydroxylation sites is 1. The van der Waals surface area contributed by atoms with Gasteiger partial charge in [0.15, 0.2) is 0 Å². The minimum absolute atomic E-state index is 0.685. The first-order valence-electron chi connectivity index (χ1n) is 6.02. The molecule has 4 heteroatoms. The number of nitrogens with two attached hydrogens (primary N) is 1. The van der Waals surface area contributed by atoms with Gasteiger partial charge in [0.2, 0.25) is 0 Å². The molecule has 0 spiro atoms. The average Bonchev–Trinajstić information content (AvgIpc) is 3.01. The fraction of sp³-hybridized carbons (Fsp3) is 0.214. The van der Waals surface area contributed by atoms with Gasteiger partial charge < -0.3 is 10.3 Å². The van der Waals surface area contributed by atoms with Crippen molar-refractivity contribution in [1.82, 2.24) is 9.55 Å². The predicted molar refractivity (Wildman–Crippen MR) is 75.9 cm³/mol. The molecule has 0 aliphatic carbocycles. The first-order chi connectivity index (χ1) is 8.88. The molecule has 0 aliphatic rings. The monoisotopic (exact) mass is 257 g/mol. The number of aromatic nitrogens is 2. The number of nitrogens with zero attached hydrogens (tertiary/aromatic N) is 2. The SMILES string of the molecule is NCCc1cccc2ccn(Cc3cncs3)c12. The summed E-state index contributed by atoms with van der Waals surface area (Å²) in [5.41, 5.74) is 10.2. The molecule has 0 aliphatic heterocycles. The topological polar surface area (TPSA) is 43.8 Å². The zero-order chi connectivity index (χ0) is 12.4. The second-order valence-electron chi connectivity index (χ2n) is 4.31. The molecule has 18 heavy (non-hydrogen) atoms. The second-order valence-corrected chi connectivity index (χ2v) is 5.28. The Hall–Kier alpha value is -1.65. The summed E-state index contributed by atoms with van der Waals surface area (Å²) < 4.78 is 2.29. The molecule has 0 unspecified atom stereocenters. The highest BCUT2D eigenvalue weighted by atomic mass is 32.1. The van der Waals surface area contributed by atoms with Crippen molar-refractivity contribution >= 4 is 22.2 Å². The number of rotatable bonds is 4. The largest absolute Gasteiger partial charge is 0.342 e. The highest BCUT2D eigenvalue weighted by Crippen LogP contribution is 2.22. The van der Waals surface area contributed by atoms with E-state index in [-0.39, 0.29) is 0 Å². The molecule has 0 radical (unpaired) electrons. The summed E-state index contributed by atoms with van der Waals surface area (Å²) in [7, 11) is 0. The zero-order valence-corrected chi connectivity index (χ0v) is 10.9. The fourth-order valence-corrected chi connectivity index (χ4v) is 2.91. The molecule has 0 bridgehead atoms. The quantitative estimate of drug-likeness (QED) is 0.781. The molecule has 0 fully saturated rings. The Morgan fingerprint density at radius 3 is 3.00 bits per heavy atom. The van der Waals surface area contributed by atoms with Gasteiger partial charge in [-0.3, -0.25) is 4.98 Å². The van der Waals surface area contributed by atoms with Crippen LogP contribution in [-0.2, 0) is 13.0 Å². The van der Waals surface area contributed by atoms with E-state index in [1.54, 1.807) is 11.3 Å². The van der Waals surface area contributed by atoms with Gasteiger partial charge >= 0.3 is 0 Å². The van der Waals surface area contributed by atoms with Crippen LogP contribution < -0.4 is 5.73 Å². The Kier molecular flexibility index (Phi) is 3.13. The maximum Gasteiger partial charge on any atom is 0.0794 e. The van der Waals surface area contributed by atoms with E-state index >= 15 is 0 Å². The first-order valence-corrected chi connectivity index (χ1v) is 6.90. The van der Waals surface area contributed by atoms with E-state index in [9.17, 15) is 0 Å². The van der Waals surface area contributed by atoms with Crippen LogP contribution >= 0.6 is 11.3 Å². The lowest BCUT2D eigenvalue weighted by Crippen LogP contribution is -2.05. The van der Waals surface area contributed by atoms with E-state index < -0.39 is 0 Å². The van der Waals surface area contributed by atoms with Crippen LogP contribution in [0.3, 0.4) is 0 Å². The maximum atomic E-state index is 5.69. The summed E-state index contributed by atoms with van der Waals surface area (Å²) >= 11 is 1.69. The zero-order valence-electron chi connectivity index (χ0n) is 10.0. The van der Waals surface area contributed by atoms with E-state index in [4.69, 9.17) is 5.73 Å². The van der Waals surface area contributed by atoms with E-state index in [0.29, 0.717) is 6.54 Å². The Morgan fingerprint density at radius 1 is 1.28 bits per heavy atom. The van der Waals surface area contributed by atoms with Gasteiger partial charge in [-0.15, -0.1) is 11.3 Å². The van der Waals surface area contributed by atoms with Crippen LogP contribution in [0.2, 0.25) is 0 Å². The normalized spacial score (nSPS) is 11.2. The molecule has 3 rings (SSSR count). The van der Waals surface area contributed by atoms with Crippen LogP contribution in [0.5, 0.6) is 0 Å². The van der Waals surface area contributed by atoms with Gasteiger partial charge in [0.05, 0.1) is 17.6 Å². The van der Waals surface area contributed by atoms with Gasteiger partial charge in [0.1, 0.15) is 0 Å². The van der Waals surface area contributed by atoms with E-state index in [2.05, 4.69) is 40.0 Å². The molecule has 2 N–H and O–H groups in total. The van der Waals surface area contributed by atoms with Gasteiger partial charge in [-0.25, -0.2) is 0 Å². The molecule has 2 heterocycles. The molecule has 1 aromatic carbocycles. The number of benzene rings is 1. The first kappa shape index (κ1) is 11.4. The van der Waals surface area contributed by atoms with Gasteiger partial charge in [-0.1, -0.05) is 18.2 Å². The lowest BCUT2D eigenvalue weighted by Gasteiger charge is -2.08. The van der Waals surface area contributed by atoms with E-state index in [0.717, 1.165) is 13.0 Å². The number of hydrogen-bond donors (Lipinski definition) is 1. The maximum absolute atomic E-state index is 5.69. The number of hydrogen-bond acceptors (Lipinski definition) is 3. The summed E-state index contributed by atoms with van der Waals surface area (Å²) in [6.07, 6.45) is 5.00. The minimum atomic E-state index is 0.685. The third kappa shape index (κ3) is 2.05. The Morgan fingerprint density at radius 2 is 2.22 bits per heavy atom. The van der Waals surface area contributed by atoms with E-state index in [1.165, 1.54) is 21.3 Å². The smallest absolute Gasteiger partial charge is 0.0794 e. The van der Waals surface area contributed by atoms with Gasteiger partial charge in [0, 0.05) is 17.3 Å². The Bertz CT molecular complexity index is 640. The molecule has 0 atom stereocenters. The molecule has 2 aromatic heterocycles. The summed E-state index contributed by atoms with van der Waals surface area (Å²) in [4.78, 5) is 5.40. The summed E-state index contributed by atoms with van der Waals surface area (Å²) in [5, 5.41) is 1.28. The summed E-state index contributed by atoms with van der Waals surface area (Å²) in [6.45, 7) is 1.57.